The summed E-state index contributed by atoms with van der Waals surface area (Å²) in [7, 11) is 0. The molecule has 2 aromatic rings. The number of hydrogen-bond donors (Lipinski definition) is 2. The smallest absolute Gasteiger partial charge is 0.271 e. The Kier molecular flexibility index (Phi) is 4.67. The van der Waals surface area contributed by atoms with Gasteiger partial charge in [-0.05, 0) is 17.5 Å². The molecule has 0 radical (unpaired) electrons. The number of nitro groups is 1. The number of hydrogen-bond acceptors (Lipinski definition) is 5. The van der Waals surface area contributed by atoms with E-state index in [0.29, 0.717) is 12.2 Å². The van der Waals surface area contributed by atoms with Gasteiger partial charge in [-0.1, -0.05) is 12.1 Å². The van der Waals surface area contributed by atoms with E-state index in [4.69, 9.17) is 0 Å². The number of nitrogens with zero attached hydrogens (tertiary/aromatic N) is 1. The van der Waals surface area contributed by atoms with Crippen LogP contribution < -0.4 is 10.6 Å². The Hall–Kier alpha value is -2.41. The van der Waals surface area contributed by atoms with Gasteiger partial charge in [0.2, 0.25) is 5.91 Å². The molecule has 0 unspecified atom stereocenters. The number of carbonyl (C=O) groups excluding carboxylic acids is 1. The van der Waals surface area contributed by atoms with Crippen LogP contribution in [0.25, 0.3) is 0 Å². The van der Waals surface area contributed by atoms with Crippen molar-refractivity contribution >= 4 is 28.6 Å². The number of amides is 1. The van der Waals surface area contributed by atoms with Crippen molar-refractivity contribution in [3.63, 3.8) is 0 Å². The summed E-state index contributed by atoms with van der Waals surface area (Å²) in [6.45, 7) is 0.569. The van der Waals surface area contributed by atoms with Gasteiger partial charge in [-0.3, -0.25) is 14.9 Å². The third kappa shape index (κ3) is 4.06. The number of rotatable bonds is 6. The number of nitrogens with one attached hydrogen (secondary N) is 2. The van der Waals surface area contributed by atoms with Gasteiger partial charge in [0, 0.05) is 22.7 Å². The highest BCUT2D eigenvalue weighted by atomic mass is 32.1. The van der Waals surface area contributed by atoms with Crippen LogP contribution in [0.4, 0.5) is 11.4 Å². The molecule has 104 valence electrons. The third-order valence-electron chi connectivity index (χ3n) is 2.55. The number of nitro benzene ring substituents is 1. The van der Waals surface area contributed by atoms with E-state index in [1.54, 1.807) is 23.5 Å². The van der Waals surface area contributed by atoms with E-state index >= 15 is 0 Å². The summed E-state index contributed by atoms with van der Waals surface area (Å²) >= 11 is 1.57. The molecule has 0 bridgehead atoms. The lowest BCUT2D eigenvalue weighted by atomic mass is 10.3. The predicted molar refractivity (Wildman–Crippen MR) is 77.8 cm³/mol. The number of anilines is 1. The molecule has 0 aliphatic carbocycles. The zero-order chi connectivity index (χ0) is 14.4. The molecule has 0 aliphatic heterocycles. The first-order chi connectivity index (χ1) is 9.65. The standard InChI is InChI=1S/C13H13N3O3S/c17-13(15-8-12-5-2-6-20-12)9-14-10-3-1-4-11(7-10)16(18)19/h1-7,14H,8-9H2,(H,15,17). The number of non-ortho nitro benzene ring substituents is 1. The van der Waals surface area contributed by atoms with E-state index in [1.165, 1.54) is 12.1 Å². The second-order valence-corrected chi connectivity index (χ2v) is 5.05. The monoisotopic (exact) mass is 291 g/mol. The SMILES string of the molecule is O=C(CNc1cccc([N+](=O)[O-])c1)NCc1cccs1. The quantitative estimate of drug-likeness (QED) is 0.632. The zero-order valence-corrected chi connectivity index (χ0v) is 11.4. The summed E-state index contributed by atoms with van der Waals surface area (Å²) in [6, 6.07) is 9.92. The largest absolute Gasteiger partial charge is 0.376 e. The first kappa shape index (κ1) is 14.0. The lowest BCUT2D eigenvalue weighted by Crippen LogP contribution is -2.29. The molecule has 0 saturated heterocycles. The third-order valence-corrected chi connectivity index (χ3v) is 3.43. The van der Waals surface area contributed by atoms with E-state index in [2.05, 4.69) is 10.6 Å². The van der Waals surface area contributed by atoms with Crippen LogP contribution in [0.1, 0.15) is 4.88 Å². The molecule has 6 nitrogen and oxygen atoms in total. The molecule has 0 saturated carbocycles. The molecule has 0 fully saturated rings. The summed E-state index contributed by atoms with van der Waals surface area (Å²) in [6.07, 6.45) is 0. The topological polar surface area (TPSA) is 84.3 Å². The van der Waals surface area contributed by atoms with Gasteiger partial charge in [-0.25, -0.2) is 0 Å². The summed E-state index contributed by atoms with van der Waals surface area (Å²) < 4.78 is 0. The van der Waals surface area contributed by atoms with Crippen molar-refractivity contribution in [1.29, 1.82) is 0 Å². The minimum absolute atomic E-state index is 0.00556. The average Bonchev–Trinajstić information content (AvgIpc) is 2.96. The van der Waals surface area contributed by atoms with Crippen molar-refractivity contribution < 1.29 is 9.72 Å². The van der Waals surface area contributed by atoms with Crippen molar-refractivity contribution in [2.45, 2.75) is 6.54 Å². The van der Waals surface area contributed by atoms with Crippen LogP contribution in [0, 0.1) is 10.1 Å². The fourth-order valence-corrected chi connectivity index (χ4v) is 2.22. The minimum atomic E-state index is -0.470. The maximum Gasteiger partial charge on any atom is 0.271 e. The molecule has 0 aliphatic rings. The van der Waals surface area contributed by atoms with Crippen LogP contribution in [0.15, 0.2) is 41.8 Å². The Morgan fingerprint density at radius 3 is 2.85 bits per heavy atom. The molecule has 2 N–H and O–H groups in total. The van der Waals surface area contributed by atoms with E-state index < -0.39 is 4.92 Å². The molecule has 1 aromatic carbocycles. The number of thiophene rings is 1. The van der Waals surface area contributed by atoms with E-state index in [1.807, 2.05) is 17.5 Å². The van der Waals surface area contributed by atoms with E-state index in [-0.39, 0.29) is 18.1 Å². The molecule has 7 heteroatoms. The van der Waals surface area contributed by atoms with Gasteiger partial charge in [0.25, 0.3) is 5.69 Å². The zero-order valence-electron chi connectivity index (χ0n) is 10.5. The first-order valence-electron chi connectivity index (χ1n) is 5.92. The first-order valence-corrected chi connectivity index (χ1v) is 6.80. The van der Waals surface area contributed by atoms with Crippen LogP contribution in [0.3, 0.4) is 0 Å². The predicted octanol–water partition coefficient (Wildman–Crippen LogP) is 2.38. The average molecular weight is 291 g/mol. The molecule has 2 rings (SSSR count). The highest BCUT2D eigenvalue weighted by Crippen LogP contribution is 2.16. The van der Waals surface area contributed by atoms with Crippen molar-refractivity contribution in [2.24, 2.45) is 0 Å². The Labute approximate surface area is 119 Å². The number of carbonyl (C=O) groups is 1. The minimum Gasteiger partial charge on any atom is -0.376 e. The normalized spacial score (nSPS) is 10.0. The van der Waals surface area contributed by atoms with Crippen molar-refractivity contribution in [3.8, 4) is 0 Å². The van der Waals surface area contributed by atoms with Gasteiger partial charge in [-0.2, -0.15) is 0 Å². The summed E-state index contributed by atoms with van der Waals surface area (Å²) in [5.74, 6) is -0.162. The van der Waals surface area contributed by atoms with Crippen molar-refractivity contribution in [3.05, 3.63) is 56.8 Å². The van der Waals surface area contributed by atoms with Gasteiger partial charge in [-0.15, -0.1) is 11.3 Å². The molecule has 20 heavy (non-hydrogen) atoms. The van der Waals surface area contributed by atoms with Crippen LogP contribution in [0.2, 0.25) is 0 Å². The van der Waals surface area contributed by atoms with Gasteiger partial charge in [0.15, 0.2) is 0 Å². The molecular weight excluding hydrogens is 278 g/mol. The lowest BCUT2D eigenvalue weighted by Gasteiger charge is -2.06. The van der Waals surface area contributed by atoms with Crippen molar-refractivity contribution in [2.75, 3.05) is 11.9 Å². The second-order valence-electron chi connectivity index (χ2n) is 4.02. The Morgan fingerprint density at radius 1 is 1.30 bits per heavy atom. The van der Waals surface area contributed by atoms with E-state index in [0.717, 1.165) is 4.88 Å². The highest BCUT2D eigenvalue weighted by Gasteiger charge is 2.06. The van der Waals surface area contributed by atoms with Gasteiger partial charge >= 0.3 is 0 Å². The fraction of sp³-hybridized carbons (Fsp3) is 0.154. The maximum atomic E-state index is 11.6. The van der Waals surface area contributed by atoms with Crippen LogP contribution in [-0.4, -0.2) is 17.4 Å². The Morgan fingerprint density at radius 2 is 2.15 bits per heavy atom. The molecular formula is C13H13N3O3S. The molecule has 1 aromatic heterocycles. The summed E-state index contributed by atoms with van der Waals surface area (Å²) in [5.41, 5.74) is 0.541. The second kappa shape index (κ2) is 6.67. The fourth-order valence-electron chi connectivity index (χ4n) is 1.57. The molecule has 0 spiro atoms. The molecule has 1 amide bonds. The van der Waals surface area contributed by atoms with Gasteiger partial charge in [0.1, 0.15) is 0 Å². The van der Waals surface area contributed by atoms with Crippen molar-refractivity contribution in [1.82, 2.24) is 5.32 Å². The summed E-state index contributed by atoms with van der Waals surface area (Å²) in [4.78, 5) is 22.9. The summed E-state index contributed by atoms with van der Waals surface area (Å²) in [5, 5.41) is 18.2. The highest BCUT2D eigenvalue weighted by molar-refractivity contribution is 7.09. The number of benzene rings is 1. The van der Waals surface area contributed by atoms with Gasteiger partial charge < -0.3 is 10.6 Å². The lowest BCUT2D eigenvalue weighted by molar-refractivity contribution is -0.384. The Bertz CT molecular complexity index is 599. The maximum absolute atomic E-state index is 11.6. The van der Waals surface area contributed by atoms with Crippen LogP contribution in [-0.2, 0) is 11.3 Å². The van der Waals surface area contributed by atoms with Gasteiger partial charge in [0.05, 0.1) is 18.0 Å². The van der Waals surface area contributed by atoms with Crippen LogP contribution >= 0.6 is 11.3 Å². The molecule has 1 heterocycles. The molecule has 0 atom stereocenters. The Balaban J connectivity index is 1.81. The van der Waals surface area contributed by atoms with Crippen LogP contribution in [0.5, 0.6) is 0 Å². The van der Waals surface area contributed by atoms with E-state index in [9.17, 15) is 14.9 Å².